The number of fused-ring (bicyclic) bond motifs is 1. The van der Waals surface area contributed by atoms with Crippen LogP contribution in [0.1, 0.15) is 38.2 Å². The number of aliphatic hydroxyl groups excluding tert-OH is 1. The maximum atomic E-state index is 13.5. The van der Waals surface area contributed by atoms with Crippen LogP contribution in [-0.2, 0) is 6.18 Å². The number of nitrogens with one attached hydrogen (secondary N) is 1. The summed E-state index contributed by atoms with van der Waals surface area (Å²) in [6.07, 6.45) is -1.59. The van der Waals surface area contributed by atoms with Gasteiger partial charge in [-0.05, 0) is 87.6 Å². The van der Waals surface area contributed by atoms with Gasteiger partial charge in [0.2, 0.25) is 0 Å². The Labute approximate surface area is 222 Å². The summed E-state index contributed by atoms with van der Waals surface area (Å²) < 4.78 is 40.5. The number of nitrogens with zero attached hydrogens (tertiary/aromatic N) is 1. The van der Waals surface area contributed by atoms with Gasteiger partial charge in [0.05, 0.1) is 16.6 Å². The number of H-pyrrole nitrogens is 1. The van der Waals surface area contributed by atoms with Crippen molar-refractivity contribution in [2.24, 2.45) is 5.92 Å². The fraction of sp³-hybridized carbons (Fsp3) is 0.444. The monoisotopic (exact) mass is 554 g/mol. The zero-order valence-electron chi connectivity index (χ0n) is 20.4. The van der Waals surface area contributed by atoms with Crippen LogP contribution in [0.25, 0.3) is 22.0 Å². The van der Waals surface area contributed by atoms with Crippen LogP contribution in [0, 0.1) is 5.92 Å². The number of hydrogen-bond donors (Lipinski definition) is 3. The number of aromatic hydroxyl groups is 1. The largest absolute Gasteiger partial charge is 0.507 e. The number of aromatic nitrogens is 1. The number of alkyl halides is 3. The number of benzene rings is 2. The van der Waals surface area contributed by atoms with Gasteiger partial charge in [0.15, 0.2) is 0 Å². The lowest BCUT2D eigenvalue weighted by Gasteiger charge is -2.30. The summed E-state index contributed by atoms with van der Waals surface area (Å²) in [5, 5.41) is 21.6. The molecule has 2 aromatic carbocycles. The molecule has 0 radical (unpaired) electrons. The highest BCUT2D eigenvalue weighted by molar-refractivity contribution is 7.99. The van der Waals surface area contributed by atoms with E-state index in [0.717, 1.165) is 55.9 Å². The molecule has 4 rings (SSSR count). The van der Waals surface area contributed by atoms with E-state index in [1.54, 1.807) is 0 Å². The third-order valence-electron chi connectivity index (χ3n) is 6.83. The first kappa shape index (κ1) is 27.8. The van der Waals surface area contributed by atoms with Gasteiger partial charge in [-0.1, -0.05) is 18.5 Å². The first-order valence-corrected chi connectivity index (χ1v) is 13.7. The third-order valence-corrected chi connectivity index (χ3v) is 8.30. The van der Waals surface area contributed by atoms with Crippen molar-refractivity contribution in [2.45, 2.75) is 49.8 Å². The number of phenols is 1. The lowest BCUT2D eigenvalue weighted by atomic mass is 9.98. The molecule has 1 atom stereocenters. The number of rotatable bonds is 8. The standard InChI is InChI=1S/C27H30ClF3N2O3S/c1-16-8-11-33(12-9-16)10-2-3-19(34)15-37-25-24(21-14-18(28)5-7-23(21)35)20-13-17(27(29,30)31)4-6-22(20)32-26(25)36/h4-7,13-14,16,19,34-35H,2-3,8-12,15H2,1H3,(H,32,36). The van der Waals surface area contributed by atoms with Crippen LogP contribution >= 0.6 is 23.4 Å². The molecule has 0 saturated carbocycles. The summed E-state index contributed by atoms with van der Waals surface area (Å²) in [4.78, 5) is 18.2. The van der Waals surface area contributed by atoms with Gasteiger partial charge < -0.3 is 20.1 Å². The molecule has 0 spiro atoms. The number of halogens is 4. The first-order chi connectivity index (χ1) is 17.5. The number of hydrogen-bond acceptors (Lipinski definition) is 5. The van der Waals surface area contributed by atoms with E-state index < -0.39 is 23.4 Å². The molecule has 1 saturated heterocycles. The summed E-state index contributed by atoms with van der Waals surface area (Å²) in [6.45, 7) is 5.27. The van der Waals surface area contributed by atoms with E-state index in [1.807, 2.05) is 0 Å². The quantitative estimate of drug-likeness (QED) is 0.276. The van der Waals surface area contributed by atoms with Gasteiger partial charge in [-0.2, -0.15) is 13.2 Å². The van der Waals surface area contributed by atoms with Gasteiger partial charge in [0.25, 0.3) is 5.56 Å². The average molecular weight is 555 g/mol. The summed E-state index contributed by atoms with van der Waals surface area (Å²) in [5.41, 5.74) is -0.879. The SMILES string of the molecule is CC1CCN(CCCC(O)CSc2c(-c3cc(Cl)ccc3O)c3cc(C(F)(F)F)ccc3[nH]c2=O)CC1. The van der Waals surface area contributed by atoms with Gasteiger partial charge >= 0.3 is 6.18 Å². The molecule has 1 unspecified atom stereocenters. The summed E-state index contributed by atoms with van der Waals surface area (Å²) in [7, 11) is 0. The predicted molar refractivity (Wildman–Crippen MR) is 142 cm³/mol. The van der Waals surface area contributed by atoms with Crippen molar-refractivity contribution in [3.05, 3.63) is 57.3 Å². The molecule has 3 N–H and O–H groups in total. The third kappa shape index (κ3) is 6.82. The molecular weight excluding hydrogens is 525 g/mol. The van der Waals surface area contributed by atoms with Crippen molar-refractivity contribution >= 4 is 34.3 Å². The second kappa shape index (κ2) is 11.7. The summed E-state index contributed by atoms with van der Waals surface area (Å²) in [6, 6.07) is 7.28. The molecule has 1 aliphatic heterocycles. The number of pyridine rings is 1. The van der Waals surface area contributed by atoms with E-state index in [9.17, 15) is 28.2 Å². The van der Waals surface area contributed by atoms with Crippen molar-refractivity contribution in [3.8, 4) is 16.9 Å². The highest BCUT2D eigenvalue weighted by Gasteiger charge is 2.31. The van der Waals surface area contributed by atoms with Crippen LogP contribution in [0.5, 0.6) is 5.75 Å². The van der Waals surface area contributed by atoms with Crippen molar-refractivity contribution < 1.29 is 23.4 Å². The minimum atomic E-state index is -4.59. The highest BCUT2D eigenvalue weighted by Crippen LogP contribution is 2.42. The molecule has 0 aliphatic carbocycles. The van der Waals surface area contributed by atoms with E-state index in [0.29, 0.717) is 6.42 Å². The normalized spacial score (nSPS) is 16.4. The van der Waals surface area contributed by atoms with Crippen LogP contribution in [0.4, 0.5) is 13.2 Å². The van der Waals surface area contributed by atoms with Gasteiger partial charge in [-0.15, -0.1) is 11.8 Å². The Balaban J connectivity index is 1.61. The molecule has 200 valence electrons. The van der Waals surface area contributed by atoms with Gasteiger partial charge in [0.1, 0.15) is 5.75 Å². The Morgan fingerprint density at radius 1 is 1.19 bits per heavy atom. The molecule has 0 bridgehead atoms. The van der Waals surface area contributed by atoms with Crippen LogP contribution in [-0.4, -0.2) is 51.6 Å². The Morgan fingerprint density at radius 2 is 1.92 bits per heavy atom. The number of aromatic amines is 1. The maximum absolute atomic E-state index is 13.5. The molecule has 5 nitrogen and oxygen atoms in total. The molecular formula is C27H30ClF3N2O3S. The molecule has 1 aliphatic rings. The first-order valence-electron chi connectivity index (χ1n) is 12.3. The predicted octanol–water partition coefficient (Wildman–Crippen LogP) is 6.54. The van der Waals surface area contributed by atoms with Crippen LogP contribution in [0.2, 0.25) is 5.02 Å². The number of piperidine rings is 1. The number of thioether (sulfide) groups is 1. The smallest absolute Gasteiger partial charge is 0.416 e. The summed E-state index contributed by atoms with van der Waals surface area (Å²) in [5.74, 6) is 0.712. The molecule has 2 heterocycles. The number of likely N-dealkylation sites (tertiary alicyclic amines) is 1. The second-order valence-corrected chi connectivity index (χ2v) is 11.2. The van der Waals surface area contributed by atoms with Crippen molar-refractivity contribution in [3.63, 3.8) is 0 Å². The molecule has 10 heteroatoms. The Morgan fingerprint density at radius 3 is 2.62 bits per heavy atom. The minimum Gasteiger partial charge on any atom is -0.507 e. The van der Waals surface area contributed by atoms with E-state index in [-0.39, 0.29) is 43.5 Å². The highest BCUT2D eigenvalue weighted by atomic mass is 35.5. The van der Waals surface area contributed by atoms with Gasteiger partial charge in [0, 0.05) is 32.8 Å². The fourth-order valence-corrected chi connectivity index (χ4v) is 5.91. The zero-order valence-corrected chi connectivity index (χ0v) is 22.0. The van der Waals surface area contributed by atoms with Crippen molar-refractivity contribution in [1.29, 1.82) is 0 Å². The number of aliphatic hydroxyl groups is 1. The molecule has 1 fully saturated rings. The van der Waals surface area contributed by atoms with Crippen LogP contribution in [0.3, 0.4) is 0 Å². The van der Waals surface area contributed by atoms with Crippen molar-refractivity contribution in [2.75, 3.05) is 25.4 Å². The lowest BCUT2D eigenvalue weighted by molar-refractivity contribution is -0.137. The molecule has 1 aromatic heterocycles. The second-order valence-electron chi connectivity index (χ2n) is 9.71. The average Bonchev–Trinajstić information content (AvgIpc) is 2.84. The van der Waals surface area contributed by atoms with E-state index in [4.69, 9.17) is 11.6 Å². The Kier molecular flexibility index (Phi) is 8.78. The minimum absolute atomic E-state index is 0.119. The summed E-state index contributed by atoms with van der Waals surface area (Å²) >= 11 is 7.21. The molecule has 37 heavy (non-hydrogen) atoms. The molecule has 3 aromatic rings. The lowest BCUT2D eigenvalue weighted by Crippen LogP contribution is -2.34. The van der Waals surface area contributed by atoms with Crippen molar-refractivity contribution in [1.82, 2.24) is 9.88 Å². The van der Waals surface area contributed by atoms with Crippen LogP contribution < -0.4 is 5.56 Å². The van der Waals surface area contributed by atoms with E-state index >= 15 is 0 Å². The maximum Gasteiger partial charge on any atom is 0.416 e. The zero-order chi connectivity index (χ0) is 26.7. The van der Waals surface area contributed by atoms with E-state index in [1.165, 1.54) is 37.1 Å². The Bertz CT molecular complexity index is 1310. The molecule has 0 amide bonds. The van der Waals surface area contributed by atoms with Gasteiger partial charge in [-0.3, -0.25) is 4.79 Å². The van der Waals surface area contributed by atoms with Gasteiger partial charge in [-0.25, -0.2) is 0 Å². The van der Waals surface area contributed by atoms with E-state index in [2.05, 4.69) is 16.8 Å². The topological polar surface area (TPSA) is 76.6 Å². The fourth-order valence-electron chi connectivity index (χ4n) is 4.66. The van der Waals surface area contributed by atoms with Crippen LogP contribution in [0.15, 0.2) is 46.1 Å². The Hall–Kier alpha value is -2.20. The number of phenolic OH excluding ortho intramolecular Hbond substituents is 1.